The number of halogens is 4. The molecule has 0 radical (unpaired) electrons. The molecule has 0 saturated heterocycles. The summed E-state index contributed by atoms with van der Waals surface area (Å²) >= 11 is 5.56. The fraction of sp³-hybridized carbons (Fsp3) is 0.286. The molecule has 0 N–H and O–H groups in total. The van der Waals surface area contributed by atoms with E-state index in [0.29, 0.717) is 17.6 Å². The SMILES string of the molecule is Cc1ccc(CN(C)S(=O)(=O)c2ccc(Cl)cc2C(F)(F)F)o1. The topological polar surface area (TPSA) is 50.5 Å². The zero-order chi connectivity index (χ0) is 17.4. The first-order valence-corrected chi connectivity index (χ1v) is 8.22. The predicted octanol–water partition coefficient (Wildman–Crippen LogP) is 4.08. The van der Waals surface area contributed by atoms with Crippen LogP contribution in [0, 0.1) is 6.92 Å². The number of hydrogen-bond donors (Lipinski definition) is 0. The Labute approximate surface area is 136 Å². The summed E-state index contributed by atoms with van der Waals surface area (Å²) in [6, 6.07) is 5.76. The molecule has 0 unspecified atom stereocenters. The maximum absolute atomic E-state index is 13.1. The number of hydrogen-bond acceptors (Lipinski definition) is 3. The Morgan fingerprint density at radius 1 is 1.22 bits per heavy atom. The third kappa shape index (κ3) is 3.88. The molecule has 0 atom stereocenters. The van der Waals surface area contributed by atoms with E-state index in [1.807, 2.05) is 0 Å². The summed E-state index contributed by atoms with van der Waals surface area (Å²) in [4.78, 5) is -0.847. The van der Waals surface area contributed by atoms with Crippen molar-refractivity contribution in [2.24, 2.45) is 0 Å². The predicted molar refractivity (Wildman–Crippen MR) is 78.6 cm³/mol. The lowest BCUT2D eigenvalue weighted by Gasteiger charge is -2.19. The molecule has 0 amide bonds. The van der Waals surface area contributed by atoms with Gasteiger partial charge in [-0.1, -0.05) is 11.6 Å². The van der Waals surface area contributed by atoms with Gasteiger partial charge in [0.1, 0.15) is 11.5 Å². The van der Waals surface area contributed by atoms with Gasteiger partial charge in [0.25, 0.3) is 0 Å². The van der Waals surface area contributed by atoms with E-state index in [4.69, 9.17) is 16.0 Å². The minimum absolute atomic E-state index is 0.184. The van der Waals surface area contributed by atoms with Gasteiger partial charge in [-0.05, 0) is 37.3 Å². The number of alkyl halides is 3. The molecule has 1 aromatic heterocycles. The number of aryl methyl sites for hydroxylation is 1. The number of benzene rings is 1. The van der Waals surface area contributed by atoms with Crippen LogP contribution in [-0.4, -0.2) is 19.8 Å². The summed E-state index contributed by atoms with van der Waals surface area (Å²) in [5.41, 5.74) is -1.30. The quantitative estimate of drug-likeness (QED) is 0.818. The molecule has 1 aromatic carbocycles. The Balaban J connectivity index is 2.43. The Kier molecular flexibility index (Phi) is 4.79. The van der Waals surface area contributed by atoms with Crippen molar-refractivity contribution in [2.45, 2.75) is 24.5 Å². The van der Waals surface area contributed by atoms with Crippen LogP contribution in [0.25, 0.3) is 0 Å². The van der Waals surface area contributed by atoms with Crippen LogP contribution < -0.4 is 0 Å². The van der Waals surface area contributed by atoms with E-state index in [-0.39, 0.29) is 11.6 Å². The maximum Gasteiger partial charge on any atom is 0.417 e. The van der Waals surface area contributed by atoms with Crippen molar-refractivity contribution in [3.8, 4) is 0 Å². The van der Waals surface area contributed by atoms with Gasteiger partial charge >= 0.3 is 6.18 Å². The van der Waals surface area contributed by atoms with Crippen molar-refractivity contribution in [1.82, 2.24) is 4.31 Å². The van der Waals surface area contributed by atoms with E-state index in [9.17, 15) is 21.6 Å². The van der Waals surface area contributed by atoms with Crippen LogP contribution in [0.4, 0.5) is 13.2 Å². The largest absolute Gasteiger partial charge is 0.465 e. The second-order valence-electron chi connectivity index (χ2n) is 4.91. The van der Waals surface area contributed by atoms with Crippen LogP contribution in [0.5, 0.6) is 0 Å². The van der Waals surface area contributed by atoms with Crippen LogP contribution in [0.1, 0.15) is 17.1 Å². The fourth-order valence-corrected chi connectivity index (χ4v) is 3.49. The van der Waals surface area contributed by atoms with Gasteiger partial charge < -0.3 is 4.42 Å². The van der Waals surface area contributed by atoms with E-state index in [0.717, 1.165) is 16.4 Å². The summed E-state index contributed by atoms with van der Waals surface area (Å²) in [5, 5.41) is -0.194. The average Bonchev–Trinajstić information content (AvgIpc) is 2.82. The summed E-state index contributed by atoms with van der Waals surface area (Å²) < 4.78 is 70.3. The lowest BCUT2D eigenvalue weighted by molar-refractivity contribution is -0.139. The minimum Gasteiger partial charge on any atom is -0.465 e. The third-order valence-electron chi connectivity index (χ3n) is 3.11. The van der Waals surface area contributed by atoms with Gasteiger partial charge in [0.15, 0.2) is 0 Å². The van der Waals surface area contributed by atoms with Gasteiger partial charge in [-0.2, -0.15) is 17.5 Å². The second-order valence-corrected chi connectivity index (χ2v) is 7.36. The smallest absolute Gasteiger partial charge is 0.417 e. The van der Waals surface area contributed by atoms with Gasteiger partial charge in [-0.15, -0.1) is 0 Å². The Morgan fingerprint density at radius 3 is 2.39 bits per heavy atom. The first-order valence-electron chi connectivity index (χ1n) is 6.40. The summed E-state index contributed by atoms with van der Waals surface area (Å²) in [6.07, 6.45) is -4.84. The van der Waals surface area contributed by atoms with E-state index >= 15 is 0 Å². The van der Waals surface area contributed by atoms with Gasteiger partial charge in [0, 0.05) is 12.1 Å². The zero-order valence-corrected chi connectivity index (χ0v) is 13.8. The van der Waals surface area contributed by atoms with Crippen LogP contribution >= 0.6 is 11.6 Å². The highest BCUT2D eigenvalue weighted by atomic mass is 35.5. The van der Waals surface area contributed by atoms with Crippen LogP contribution in [0.3, 0.4) is 0 Å². The molecule has 0 bridgehead atoms. The molecule has 126 valence electrons. The van der Waals surface area contributed by atoms with E-state index in [2.05, 4.69) is 0 Å². The Bertz CT molecular complexity index is 815. The molecule has 23 heavy (non-hydrogen) atoms. The second kappa shape index (κ2) is 6.18. The van der Waals surface area contributed by atoms with Crippen molar-refractivity contribution in [3.63, 3.8) is 0 Å². The lowest BCUT2D eigenvalue weighted by Crippen LogP contribution is -2.28. The fourth-order valence-electron chi connectivity index (χ4n) is 1.99. The zero-order valence-electron chi connectivity index (χ0n) is 12.2. The molecule has 0 spiro atoms. The standard InChI is InChI=1S/C14H13ClF3NO3S/c1-9-3-5-11(22-9)8-19(2)23(20,21)13-6-4-10(15)7-12(13)14(16,17)18/h3-7H,8H2,1-2H3. The highest BCUT2D eigenvalue weighted by Crippen LogP contribution is 2.36. The van der Waals surface area contributed by atoms with E-state index in [1.54, 1.807) is 19.1 Å². The molecule has 4 nitrogen and oxygen atoms in total. The Morgan fingerprint density at radius 2 is 1.87 bits per heavy atom. The van der Waals surface area contributed by atoms with Crippen molar-refractivity contribution < 1.29 is 26.0 Å². The molecule has 9 heteroatoms. The van der Waals surface area contributed by atoms with Crippen LogP contribution in [0.2, 0.25) is 5.02 Å². The number of sulfonamides is 1. The molecule has 0 aliphatic carbocycles. The monoisotopic (exact) mass is 367 g/mol. The summed E-state index contributed by atoms with van der Waals surface area (Å²) in [6.45, 7) is 1.50. The van der Waals surface area contributed by atoms with Crippen LogP contribution in [-0.2, 0) is 22.7 Å². The van der Waals surface area contributed by atoms with E-state index in [1.165, 1.54) is 7.05 Å². The molecular formula is C14H13ClF3NO3S. The van der Waals surface area contributed by atoms with Gasteiger partial charge in [-0.25, -0.2) is 8.42 Å². The van der Waals surface area contributed by atoms with Gasteiger partial charge in [0.05, 0.1) is 17.0 Å². The highest BCUT2D eigenvalue weighted by molar-refractivity contribution is 7.89. The molecule has 0 fully saturated rings. The van der Waals surface area contributed by atoms with Gasteiger partial charge in [0.2, 0.25) is 10.0 Å². The average molecular weight is 368 g/mol. The van der Waals surface area contributed by atoms with Crippen molar-refractivity contribution in [3.05, 3.63) is 52.4 Å². The van der Waals surface area contributed by atoms with Crippen molar-refractivity contribution in [1.29, 1.82) is 0 Å². The van der Waals surface area contributed by atoms with Crippen molar-refractivity contribution in [2.75, 3.05) is 7.05 Å². The maximum atomic E-state index is 13.1. The molecule has 0 aliphatic rings. The van der Waals surface area contributed by atoms with Crippen LogP contribution in [0.15, 0.2) is 39.6 Å². The number of rotatable bonds is 4. The van der Waals surface area contributed by atoms with Gasteiger partial charge in [-0.3, -0.25) is 0 Å². The third-order valence-corrected chi connectivity index (χ3v) is 5.21. The number of furan rings is 1. The summed E-state index contributed by atoms with van der Waals surface area (Å²) in [5.74, 6) is 0.907. The molecule has 2 rings (SSSR count). The van der Waals surface area contributed by atoms with Crippen molar-refractivity contribution >= 4 is 21.6 Å². The molecular weight excluding hydrogens is 355 g/mol. The normalized spacial score (nSPS) is 12.8. The Hall–Kier alpha value is -1.51. The summed E-state index contributed by atoms with van der Waals surface area (Å²) in [7, 11) is -3.18. The lowest BCUT2D eigenvalue weighted by atomic mass is 10.2. The first-order chi connectivity index (χ1) is 10.5. The van der Waals surface area contributed by atoms with E-state index < -0.39 is 26.7 Å². The molecule has 2 aromatic rings. The molecule has 0 saturated carbocycles. The highest BCUT2D eigenvalue weighted by Gasteiger charge is 2.38. The first kappa shape index (κ1) is 17.8. The molecule has 1 heterocycles. The molecule has 0 aliphatic heterocycles. The number of nitrogens with zero attached hydrogens (tertiary/aromatic N) is 1. The minimum atomic E-state index is -4.84.